The van der Waals surface area contributed by atoms with Gasteiger partial charge in [0.1, 0.15) is 18.0 Å². The van der Waals surface area contributed by atoms with Gasteiger partial charge in [-0.05, 0) is 46.2 Å². The van der Waals surface area contributed by atoms with Gasteiger partial charge in [0, 0.05) is 12.0 Å². The molecule has 2 aliphatic rings. The molecule has 1 atom stereocenters. The Morgan fingerprint density at radius 1 is 1.42 bits per heavy atom. The molecular weight excluding hydrogens is 309 g/mol. The van der Waals surface area contributed by atoms with Gasteiger partial charge < -0.3 is 24.1 Å². The number of amides is 1. The van der Waals surface area contributed by atoms with E-state index >= 15 is 0 Å². The highest BCUT2D eigenvalue weighted by Gasteiger charge is 2.45. The lowest BCUT2D eigenvalue weighted by Gasteiger charge is -2.25. The van der Waals surface area contributed by atoms with Gasteiger partial charge in [0.15, 0.2) is 0 Å². The average molecular weight is 333 g/mol. The fourth-order valence-electron chi connectivity index (χ4n) is 2.82. The van der Waals surface area contributed by atoms with E-state index in [1.54, 1.807) is 0 Å². The van der Waals surface area contributed by atoms with Gasteiger partial charge in [-0.15, -0.1) is 0 Å². The molecule has 7 heteroatoms. The largest absolute Gasteiger partial charge is 0.499 e. The Labute approximate surface area is 142 Å². The van der Waals surface area contributed by atoms with Gasteiger partial charge in [-0.3, -0.25) is 0 Å². The van der Waals surface area contributed by atoms with E-state index < -0.39 is 24.4 Å². The van der Waals surface area contributed by atoms with Gasteiger partial charge in [0.05, 0.1) is 11.7 Å². The van der Waals surface area contributed by atoms with Crippen LogP contribution >= 0.6 is 0 Å². The third-order valence-corrected chi connectivity index (χ3v) is 3.80. The topological polar surface area (TPSA) is 66.0 Å². The molecule has 130 valence electrons. The minimum absolute atomic E-state index is 0.296. The average Bonchev–Trinajstić information content (AvgIpc) is 2.72. The molecule has 1 aromatic rings. The summed E-state index contributed by atoms with van der Waals surface area (Å²) < 4.78 is 23.2. The fraction of sp³-hybridized carbons (Fsp3) is 0.588. The first-order valence-electron chi connectivity index (χ1n) is 8.20. The summed E-state index contributed by atoms with van der Waals surface area (Å²) in [5, 5.41) is 2.76. The van der Waals surface area contributed by atoms with E-state index in [9.17, 15) is 4.79 Å². The second-order valence-electron chi connectivity index (χ2n) is 7.76. The zero-order chi connectivity index (χ0) is 17.5. The number of alkyl carbamates (subject to hydrolysis) is 1. The van der Waals surface area contributed by atoms with E-state index in [2.05, 4.69) is 5.32 Å². The molecule has 0 fully saturated rings. The first kappa shape index (κ1) is 17.1. The smallest absolute Gasteiger partial charge is 0.491 e. The van der Waals surface area contributed by atoms with Crippen LogP contribution in [0.1, 0.15) is 46.3 Å². The third-order valence-electron chi connectivity index (χ3n) is 3.80. The maximum absolute atomic E-state index is 11.9. The SMILES string of the molecule is CC(C)(C)OC(=O)NCC1OB2OC(C)(C)COc3cccc1c32. The van der Waals surface area contributed by atoms with E-state index in [1.165, 1.54) is 0 Å². The Hall–Kier alpha value is -1.73. The molecule has 1 N–H and O–H groups in total. The molecule has 24 heavy (non-hydrogen) atoms. The zero-order valence-electron chi connectivity index (χ0n) is 14.8. The predicted molar refractivity (Wildman–Crippen MR) is 90.6 cm³/mol. The number of nitrogens with one attached hydrogen (secondary N) is 1. The quantitative estimate of drug-likeness (QED) is 0.841. The molecule has 0 bridgehead atoms. The summed E-state index contributed by atoms with van der Waals surface area (Å²) in [5.74, 6) is 0.780. The normalized spacial score (nSPS) is 21.5. The number of hydrogen-bond acceptors (Lipinski definition) is 5. The van der Waals surface area contributed by atoms with Crippen molar-refractivity contribution in [1.29, 1.82) is 0 Å². The minimum Gasteiger partial charge on any atom is -0.491 e. The second kappa shape index (κ2) is 5.97. The molecule has 1 aromatic carbocycles. The van der Waals surface area contributed by atoms with Crippen molar-refractivity contribution < 1.29 is 23.6 Å². The van der Waals surface area contributed by atoms with Crippen molar-refractivity contribution in [3.63, 3.8) is 0 Å². The van der Waals surface area contributed by atoms with Crippen molar-refractivity contribution in [3.05, 3.63) is 23.8 Å². The molecule has 0 saturated heterocycles. The first-order valence-corrected chi connectivity index (χ1v) is 8.20. The van der Waals surface area contributed by atoms with Gasteiger partial charge in [0.25, 0.3) is 0 Å². The molecule has 0 radical (unpaired) electrons. The zero-order valence-corrected chi connectivity index (χ0v) is 14.8. The Morgan fingerprint density at radius 2 is 2.17 bits per heavy atom. The highest BCUT2D eigenvalue weighted by Crippen LogP contribution is 2.32. The highest BCUT2D eigenvalue weighted by molar-refractivity contribution is 6.64. The third kappa shape index (κ3) is 3.67. The Kier molecular flexibility index (Phi) is 4.26. The number of carbonyl (C=O) groups excluding carboxylic acids is 1. The number of carbonyl (C=O) groups is 1. The van der Waals surface area contributed by atoms with Crippen molar-refractivity contribution >= 4 is 18.7 Å². The summed E-state index contributed by atoms with van der Waals surface area (Å²) in [7, 11) is -0.487. The van der Waals surface area contributed by atoms with Crippen molar-refractivity contribution in [1.82, 2.24) is 5.32 Å². The molecule has 1 amide bonds. The lowest BCUT2D eigenvalue weighted by Crippen LogP contribution is -2.41. The summed E-state index contributed by atoms with van der Waals surface area (Å²) in [5.41, 5.74) is 0.912. The Bertz CT molecular complexity index is 640. The van der Waals surface area contributed by atoms with Gasteiger partial charge in [-0.2, -0.15) is 0 Å². The number of ether oxygens (including phenoxy) is 2. The van der Waals surface area contributed by atoms with Crippen LogP contribution in [0.25, 0.3) is 0 Å². The molecule has 0 spiro atoms. The van der Waals surface area contributed by atoms with Crippen molar-refractivity contribution in [3.8, 4) is 5.75 Å². The molecular formula is C17H24BNO5. The van der Waals surface area contributed by atoms with Crippen LogP contribution in [0, 0.1) is 0 Å². The number of rotatable bonds is 2. The van der Waals surface area contributed by atoms with Crippen LogP contribution in [0.15, 0.2) is 18.2 Å². The van der Waals surface area contributed by atoms with E-state index in [-0.39, 0.29) is 6.10 Å². The Morgan fingerprint density at radius 3 is 2.88 bits per heavy atom. The van der Waals surface area contributed by atoms with Crippen LogP contribution < -0.4 is 15.5 Å². The summed E-state index contributed by atoms with van der Waals surface area (Å²) in [4.78, 5) is 11.9. The van der Waals surface area contributed by atoms with Gasteiger partial charge in [-0.25, -0.2) is 4.79 Å². The van der Waals surface area contributed by atoms with E-state index in [0.717, 1.165) is 16.8 Å². The lowest BCUT2D eigenvalue weighted by atomic mass is 9.77. The predicted octanol–water partition coefficient (Wildman–Crippen LogP) is 2.17. The van der Waals surface area contributed by atoms with Crippen LogP contribution in [0.4, 0.5) is 4.79 Å². The standard InChI is InChI=1S/C17H24BNO5/c1-16(2,3)22-15(20)19-9-13-11-7-6-8-12-14(11)18(23-13)24-17(4,5)10-21-12/h6-8,13H,9-10H2,1-5H3,(H,19,20). The highest BCUT2D eigenvalue weighted by atomic mass is 16.6. The molecule has 2 aliphatic heterocycles. The molecule has 0 aromatic heterocycles. The van der Waals surface area contributed by atoms with Crippen molar-refractivity contribution in [2.24, 2.45) is 0 Å². The molecule has 6 nitrogen and oxygen atoms in total. The summed E-state index contributed by atoms with van der Waals surface area (Å²) >= 11 is 0. The van der Waals surface area contributed by atoms with Gasteiger partial charge in [0.2, 0.25) is 0 Å². The van der Waals surface area contributed by atoms with E-state index in [0.29, 0.717) is 13.2 Å². The fourth-order valence-corrected chi connectivity index (χ4v) is 2.82. The monoisotopic (exact) mass is 333 g/mol. The minimum atomic E-state index is -0.532. The molecule has 1 unspecified atom stereocenters. The summed E-state index contributed by atoms with van der Waals surface area (Å²) in [6.45, 7) is 10.2. The maximum Gasteiger partial charge on any atom is 0.499 e. The van der Waals surface area contributed by atoms with Crippen LogP contribution in [-0.2, 0) is 14.0 Å². The van der Waals surface area contributed by atoms with Crippen LogP contribution in [0.5, 0.6) is 5.75 Å². The number of hydrogen-bond donors (Lipinski definition) is 1. The van der Waals surface area contributed by atoms with Crippen LogP contribution in [0.2, 0.25) is 0 Å². The summed E-state index contributed by atoms with van der Waals surface area (Å²) in [6.07, 6.45) is -0.758. The Balaban J connectivity index is 1.74. The molecule has 0 aliphatic carbocycles. The van der Waals surface area contributed by atoms with Crippen molar-refractivity contribution in [2.45, 2.75) is 51.9 Å². The number of benzene rings is 1. The molecule has 2 heterocycles. The van der Waals surface area contributed by atoms with Gasteiger partial charge >= 0.3 is 13.2 Å². The molecule has 0 saturated carbocycles. The second-order valence-corrected chi connectivity index (χ2v) is 7.76. The first-order chi connectivity index (χ1) is 11.1. The van der Waals surface area contributed by atoms with E-state index in [1.807, 2.05) is 52.8 Å². The maximum atomic E-state index is 11.9. The van der Waals surface area contributed by atoms with Crippen LogP contribution in [0.3, 0.4) is 0 Å². The van der Waals surface area contributed by atoms with E-state index in [4.69, 9.17) is 18.8 Å². The molecule has 3 rings (SSSR count). The summed E-state index contributed by atoms with van der Waals surface area (Å²) in [6, 6.07) is 5.83. The lowest BCUT2D eigenvalue weighted by molar-refractivity contribution is 0.0250. The van der Waals surface area contributed by atoms with Crippen molar-refractivity contribution in [2.75, 3.05) is 13.2 Å². The van der Waals surface area contributed by atoms with Gasteiger partial charge in [-0.1, -0.05) is 12.1 Å². The van der Waals surface area contributed by atoms with Crippen LogP contribution in [-0.4, -0.2) is 37.6 Å².